The fourth-order valence-corrected chi connectivity index (χ4v) is 6.13. The lowest BCUT2D eigenvalue weighted by Crippen LogP contribution is -2.30. The number of halogens is 4. The van der Waals surface area contributed by atoms with E-state index >= 15 is 0 Å². The van der Waals surface area contributed by atoms with Crippen molar-refractivity contribution in [2.45, 2.75) is 38.3 Å². The quantitative estimate of drug-likeness (QED) is 0.175. The molecule has 5 rings (SSSR count). The molecule has 218 valence electrons. The second kappa shape index (κ2) is 12.2. The molecule has 5 aromatic rings. The summed E-state index contributed by atoms with van der Waals surface area (Å²) in [5.41, 5.74) is 2.65. The van der Waals surface area contributed by atoms with E-state index in [2.05, 4.69) is 15.5 Å². The Balaban J connectivity index is 1.62. The van der Waals surface area contributed by atoms with Crippen LogP contribution >= 0.6 is 23.2 Å². The van der Waals surface area contributed by atoms with Gasteiger partial charge >= 0.3 is 6.61 Å². The normalized spacial score (nSPS) is 13.0. The molecule has 2 heterocycles. The van der Waals surface area contributed by atoms with Gasteiger partial charge < -0.3 is 19.6 Å². The molecule has 3 aromatic carbocycles. The molecule has 42 heavy (non-hydrogen) atoms. The van der Waals surface area contributed by atoms with Crippen LogP contribution in [-0.4, -0.2) is 37.6 Å². The highest BCUT2D eigenvalue weighted by Crippen LogP contribution is 2.43. The molecule has 0 aliphatic rings. The van der Waals surface area contributed by atoms with Crippen LogP contribution in [0.15, 0.2) is 64.0 Å². The molecule has 2 N–H and O–H groups in total. The van der Waals surface area contributed by atoms with E-state index in [1.54, 1.807) is 62.4 Å². The number of benzene rings is 3. The molecule has 0 bridgehead atoms. The number of aromatic nitrogens is 3. The highest BCUT2D eigenvalue weighted by Gasteiger charge is 2.27. The number of carbonyl (C=O) groups is 1. The van der Waals surface area contributed by atoms with Crippen molar-refractivity contribution in [2.75, 3.05) is 5.75 Å². The molecule has 1 amide bonds. The van der Waals surface area contributed by atoms with E-state index in [0.29, 0.717) is 50.1 Å². The first-order valence-electron chi connectivity index (χ1n) is 12.7. The van der Waals surface area contributed by atoms with Crippen LogP contribution < -0.4 is 10.1 Å². The maximum Gasteiger partial charge on any atom is 0.387 e. The Labute approximate surface area is 251 Å². The fraction of sp³-hybridized carbons (Fsp3) is 0.207. The first-order valence-corrected chi connectivity index (χ1v) is 14.8. The summed E-state index contributed by atoms with van der Waals surface area (Å²) in [6.45, 7) is 2.08. The monoisotopic (exact) mass is 632 g/mol. The Morgan fingerprint density at radius 2 is 1.86 bits per heavy atom. The summed E-state index contributed by atoms with van der Waals surface area (Å²) < 4.78 is 48.4. The zero-order valence-corrected chi connectivity index (χ0v) is 24.8. The largest absolute Gasteiger partial charge is 0.434 e. The topological polar surface area (TPSA) is 110 Å². The minimum Gasteiger partial charge on any atom is -0.434 e. The smallest absolute Gasteiger partial charge is 0.387 e. The standard InChI is InChI=1S/C29H24Cl2F2N4O4S/c1-4-42(39)17-11-9-16(10-12-17)25(36-28(38)22-14(2)37-41-15(22)3)27-34-20-13-19(30)23(24(31)26(20)35-27)18-7-5-6-8-21(18)40-29(32)33/h5-13,25,29H,4H2,1-3H3,(H,34,35)(H,36,38). The Morgan fingerprint density at radius 1 is 1.14 bits per heavy atom. The SMILES string of the molecule is CCS(=O)c1ccc(C(NC(=O)c2c(C)noc2C)c2nc3c(Cl)c(-c4ccccc4OC(F)F)c(Cl)cc3[nH]2)cc1. The fourth-order valence-electron chi connectivity index (χ4n) is 4.65. The van der Waals surface area contributed by atoms with E-state index in [9.17, 15) is 17.8 Å². The van der Waals surface area contributed by atoms with Crippen molar-refractivity contribution in [3.05, 3.63) is 93.0 Å². The molecule has 0 aliphatic heterocycles. The molecule has 2 unspecified atom stereocenters. The third-order valence-electron chi connectivity index (χ3n) is 6.61. The summed E-state index contributed by atoms with van der Waals surface area (Å²) in [6, 6.07) is 13.9. The number of nitrogens with zero attached hydrogens (tertiary/aromatic N) is 2. The van der Waals surface area contributed by atoms with Crippen LogP contribution in [0.5, 0.6) is 5.75 Å². The number of alkyl halides is 2. The zero-order valence-electron chi connectivity index (χ0n) is 22.5. The Hall–Kier alpha value is -3.80. The predicted octanol–water partition coefficient (Wildman–Crippen LogP) is 7.39. The van der Waals surface area contributed by atoms with Crippen LogP contribution in [0, 0.1) is 13.8 Å². The van der Waals surface area contributed by atoms with Crippen molar-refractivity contribution >= 4 is 50.9 Å². The number of carbonyl (C=O) groups excluding carboxylic acids is 1. The number of imidazole rings is 1. The summed E-state index contributed by atoms with van der Waals surface area (Å²) in [5.74, 6) is 0.594. The molecule has 0 radical (unpaired) electrons. The van der Waals surface area contributed by atoms with E-state index in [0.717, 1.165) is 0 Å². The van der Waals surface area contributed by atoms with Gasteiger partial charge in [-0.3, -0.25) is 9.00 Å². The van der Waals surface area contributed by atoms with Gasteiger partial charge in [0, 0.05) is 21.8 Å². The Kier molecular flexibility index (Phi) is 8.63. The van der Waals surface area contributed by atoms with Gasteiger partial charge in [-0.1, -0.05) is 65.6 Å². The second-order valence-electron chi connectivity index (χ2n) is 9.25. The number of ether oxygens (including phenoxy) is 1. The number of fused-ring (bicyclic) bond motifs is 1. The van der Waals surface area contributed by atoms with Crippen molar-refractivity contribution in [3.63, 3.8) is 0 Å². The van der Waals surface area contributed by atoms with Gasteiger partial charge in [0.05, 0.1) is 32.1 Å². The lowest BCUT2D eigenvalue weighted by Gasteiger charge is -2.17. The summed E-state index contributed by atoms with van der Waals surface area (Å²) in [5, 5.41) is 7.13. The number of hydrogen-bond acceptors (Lipinski definition) is 6. The molecule has 0 saturated heterocycles. The number of aryl methyl sites for hydroxylation is 2. The maximum atomic E-state index is 13.4. The summed E-state index contributed by atoms with van der Waals surface area (Å²) in [6.07, 6.45) is 0. The van der Waals surface area contributed by atoms with Crippen LogP contribution in [0.4, 0.5) is 8.78 Å². The first kappa shape index (κ1) is 29.7. The van der Waals surface area contributed by atoms with Crippen molar-refractivity contribution in [3.8, 4) is 16.9 Å². The molecule has 13 heteroatoms. The predicted molar refractivity (Wildman–Crippen MR) is 157 cm³/mol. The molecule has 2 atom stereocenters. The van der Waals surface area contributed by atoms with Gasteiger partial charge in [-0.2, -0.15) is 8.78 Å². The van der Waals surface area contributed by atoms with Gasteiger partial charge in [0.25, 0.3) is 5.91 Å². The zero-order chi connectivity index (χ0) is 30.1. The number of nitrogens with one attached hydrogen (secondary N) is 2. The first-order chi connectivity index (χ1) is 20.1. The Morgan fingerprint density at radius 3 is 2.50 bits per heavy atom. The van der Waals surface area contributed by atoms with Crippen molar-refractivity contribution in [1.29, 1.82) is 0 Å². The number of rotatable bonds is 9. The van der Waals surface area contributed by atoms with Crippen LogP contribution in [0.1, 0.15) is 46.2 Å². The van der Waals surface area contributed by atoms with Gasteiger partial charge in [0.15, 0.2) is 0 Å². The molecule has 0 fully saturated rings. The van der Waals surface area contributed by atoms with E-state index in [-0.39, 0.29) is 26.9 Å². The molecule has 0 spiro atoms. The lowest BCUT2D eigenvalue weighted by atomic mass is 10.0. The molecule has 8 nitrogen and oxygen atoms in total. The highest BCUT2D eigenvalue weighted by atomic mass is 35.5. The van der Waals surface area contributed by atoms with Crippen LogP contribution in [0.2, 0.25) is 10.0 Å². The van der Waals surface area contributed by atoms with Crippen molar-refractivity contribution in [2.24, 2.45) is 0 Å². The van der Waals surface area contributed by atoms with Crippen molar-refractivity contribution in [1.82, 2.24) is 20.4 Å². The van der Waals surface area contributed by atoms with Gasteiger partial charge in [-0.05, 0) is 43.7 Å². The maximum absolute atomic E-state index is 13.4. The molecular weight excluding hydrogens is 609 g/mol. The van der Waals surface area contributed by atoms with Gasteiger partial charge in [-0.15, -0.1) is 0 Å². The molecule has 0 saturated carbocycles. The summed E-state index contributed by atoms with van der Waals surface area (Å²) >= 11 is 13.4. The third-order valence-corrected chi connectivity index (χ3v) is 8.60. The van der Waals surface area contributed by atoms with E-state index < -0.39 is 29.4 Å². The molecule has 2 aromatic heterocycles. The van der Waals surface area contributed by atoms with E-state index in [1.165, 1.54) is 6.07 Å². The average molecular weight is 634 g/mol. The highest BCUT2D eigenvalue weighted by molar-refractivity contribution is 7.85. The van der Waals surface area contributed by atoms with Crippen LogP contribution in [-0.2, 0) is 10.8 Å². The van der Waals surface area contributed by atoms with E-state index in [1.807, 2.05) is 6.92 Å². The minimum atomic E-state index is -3.05. The lowest BCUT2D eigenvalue weighted by molar-refractivity contribution is -0.0494. The van der Waals surface area contributed by atoms with E-state index in [4.69, 9.17) is 37.4 Å². The molecular formula is C29H24Cl2F2N4O4S. The van der Waals surface area contributed by atoms with Crippen LogP contribution in [0.25, 0.3) is 22.2 Å². The number of aromatic amines is 1. The third kappa shape index (κ3) is 5.77. The van der Waals surface area contributed by atoms with Gasteiger partial charge in [0.1, 0.15) is 34.5 Å². The minimum absolute atomic E-state index is 0.0967. The van der Waals surface area contributed by atoms with Crippen LogP contribution in [0.3, 0.4) is 0 Å². The number of hydrogen-bond donors (Lipinski definition) is 2. The van der Waals surface area contributed by atoms with Gasteiger partial charge in [0.2, 0.25) is 0 Å². The molecule has 0 aliphatic carbocycles. The van der Waals surface area contributed by atoms with Gasteiger partial charge in [-0.25, -0.2) is 4.98 Å². The van der Waals surface area contributed by atoms with Crippen molar-refractivity contribution < 1.29 is 27.0 Å². The number of para-hydroxylation sites is 1. The summed E-state index contributed by atoms with van der Waals surface area (Å²) in [4.78, 5) is 21.9. The summed E-state index contributed by atoms with van der Waals surface area (Å²) in [7, 11) is -1.16. The average Bonchev–Trinajstić information content (AvgIpc) is 3.54. The number of H-pyrrole nitrogens is 1. The Bertz CT molecular complexity index is 1790. The second-order valence-corrected chi connectivity index (χ2v) is 11.8. The number of amides is 1.